The lowest BCUT2D eigenvalue weighted by atomic mass is 9.64. The van der Waals surface area contributed by atoms with Crippen molar-refractivity contribution in [2.45, 2.75) is 45.6 Å². The van der Waals surface area contributed by atoms with Gasteiger partial charge in [-0.2, -0.15) is 0 Å². The molecule has 0 amide bonds. The van der Waals surface area contributed by atoms with Crippen molar-refractivity contribution >= 4 is 0 Å². The molecule has 1 aliphatic carbocycles. The highest BCUT2D eigenvalue weighted by Gasteiger charge is 2.40. The maximum absolute atomic E-state index is 13.1. The predicted molar refractivity (Wildman–Crippen MR) is 69.7 cm³/mol. The van der Waals surface area contributed by atoms with Crippen molar-refractivity contribution in [1.29, 1.82) is 0 Å². The SMILES string of the molecule is CCNC1CC(c2ccc(F)cc2C)C1CC. The molecular formula is C15H22FN. The molecule has 0 heterocycles. The van der Waals surface area contributed by atoms with Gasteiger partial charge < -0.3 is 5.32 Å². The Morgan fingerprint density at radius 1 is 1.35 bits per heavy atom. The molecule has 1 aromatic carbocycles. The van der Waals surface area contributed by atoms with Crippen LogP contribution in [0.3, 0.4) is 0 Å². The molecule has 1 saturated carbocycles. The molecule has 1 nitrogen and oxygen atoms in total. The molecule has 2 heteroatoms. The lowest BCUT2D eigenvalue weighted by Gasteiger charge is -2.46. The largest absolute Gasteiger partial charge is 0.314 e. The van der Waals surface area contributed by atoms with Crippen LogP contribution in [-0.4, -0.2) is 12.6 Å². The van der Waals surface area contributed by atoms with Crippen LogP contribution < -0.4 is 5.32 Å². The zero-order valence-electron chi connectivity index (χ0n) is 11.0. The monoisotopic (exact) mass is 235 g/mol. The first-order valence-electron chi connectivity index (χ1n) is 6.66. The summed E-state index contributed by atoms with van der Waals surface area (Å²) in [5.74, 6) is 1.20. The van der Waals surface area contributed by atoms with Crippen LogP contribution in [-0.2, 0) is 0 Å². The highest BCUT2D eigenvalue weighted by Crippen LogP contribution is 2.45. The Labute approximate surface area is 103 Å². The molecule has 2 rings (SSSR count). The third kappa shape index (κ3) is 2.37. The zero-order valence-corrected chi connectivity index (χ0v) is 11.0. The Kier molecular flexibility index (Phi) is 3.82. The first-order chi connectivity index (χ1) is 8.17. The van der Waals surface area contributed by atoms with Crippen LogP contribution in [0.25, 0.3) is 0 Å². The second-order valence-corrected chi connectivity index (χ2v) is 5.08. The molecule has 0 aliphatic heterocycles. The molecule has 1 aromatic rings. The number of rotatable bonds is 4. The Bertz CT molecular complexity index is 389. The fraction of sp³-hybridized carbons (Fsp3) is 0.600. The second-order valence-electron chi connectivity index (χ2n) is 5.08. The molecule has 1 N–H and O–H groups in total. The molecule has 17 heavy (non-hydrogen) atoms. The maximum atomic E-state index is 13.1. The van der Waals surface area contributed by atoms with Gasteiger partial charge in [-0.15, -0.1) is 0 Å². The van der Waals surface area contributed by atoms with Gasteiger partial charge in [-0.1, -0.05) is 26.3 Å². The Hall–Kier alpha value is -0.890. The summed E-state index contributed by atoms with van der Waals surface area (Å²) < 4.78 is 13.1. The van der Waals surface area contributed by atoms with Crippen LogP contribution in [0.1, 0.15) is 43.7 Å². The lowest BCUT2D eigenvalue weighted by molar-refractivity contribution is 0.162. The van der Waals surface area contributed by atoms with Gasteiger partial charge in [-0.05, 0) is 55.0 Å². The van der Waals surface area contributed by atoms with E-state index in [1.807, 2.05) is 13.0 Å². The van der Waals surface area contributed by atoms with E-state index < -0.39 is 0 Å². The van der Waals surface area contributed by atoms with Crippen LogP contribution in [0.2, 0.25) is 0 Å². The zero-order chi connectivity index (χ0) is 12.4. The summed E-state index contributed by atoms with van der Waals surface area (Å²) in [6.45, 7) is 7.46. The van der Waals surface area contributed by atoms with Crippen molar-refractivity contribution in [2.24, 2.45) is 5.92 Å². The summed E-state index contributed by atoms with van der Waals surface area (Å²) in [6, 6.07) is 5.87. The first-order valence-corrected chi connectivity index (χ1v) is 6.66. The van der Waals surface area contributed by atoms with E-state index in [2.05, 4.69) is 19.2 Å². The van der Waals surface area contributed by atoms with Gasteiger partial charge in [-0.25, -0.2) is 4.39 Å². The first kappa shape index (κ1) is 12.6. The van der Waals surface area contributed by atoms with Crippen LogP contribution in [0.4, 0.5) is 4.39 Å². The van der Waals surface area contributed by atoms with Crippen molar-refractivity contribution in [2.75, 3.05) is 6.54 Å². The standard InChI is InChI=1S/C15H22FN/c1-4-12-14(9-15(12)17-5-2)13-7-6-11(16)8-10(13)3/h6-8,12,14-15,17H,4-5,9H2,1-3H3. The lowest BCUT2D eigenvalue weighted by Crippen LogP contribution is -2.49. The number of hydrogen-bond donors (Lipinski definition) is 1. The summed E-state index contributed by atoms with van der Waals surface area (Å²) in [7, 11) is 0. The molecule has 3 atom stereocenters. The van der Waals surface area contributed by atoms with Gasteiger partial charge in [0, 0.05) is 6.04 Å². The van der Waals surface area contributed by atoms with E-state index in [4.69, 9.17) is 0 Å². The normalized spacial score (nSPS) is 27.9. The third-order valence-corrected chi connectivity index (χ3v) is 4.11. The van der Waals surface area contributed by atoms with E-state index >= 15 is 0 Å². The Balaban J connectivity index is 2.13. The van der Waals surface area contributed by atoms with Gasteiger partial charge in [0.1, 0.15) is 5.82 Å². The molecule has 0 spiro atoms. The average Bonchev–Trinajstić information content (AvgIpc) is 2.26. The summed E-state index contributed by atoms with van der Waals surface area (Å²) in [6.07, 6.45) is 2.39. The highest BCUT2D eigenvalue weighted by atomic mass is 19.1. The molecule has 94 valence electrons. The summed E-state index contributed by atoms with van der Waals surface area (Å²) >= 11 is 0. The van der Waals surface area contributed by atoms with Crippen LogP contribution in [0.5, 0.6) is 0 Å². The van der Waals surface area contributed by atoms with Crippen molar-refractivity contribution in [3.8, 4) is 0 Å². The minimum Gasteiger partial charge on any atom is -0.314 e. The van der Waals surface area contributed by atoms with Gasteiger partial charge in [0.2, 0.25) is 0 Å². The van der Waals surface area contributed by atoms with Crippen molar-refractivity contribution in [1.82, 2.24) is 5.32 Å². The number of halogens is 1. The number of aryl methyl sites for hydroxylation is 1. The summed E-state index contributed by atoms with van der Waals surface area (Å²) in [4.78, 5) is 0. The van der Waals surface area contributed by atoms with Gasteiger partial charge in [0.25, 0.3) is 0 Å². The van der Waals surface area contributed by atoms with Crippen molar-refractivity contribution < 1.29 is 4.39 Å². The smallest absolute Gasteiger partial charge is 0.123 e. The fourth-order valence-corrected chi connectivity index (χ4v) is 3.19. The number of nitrogens with one attached hydrogen (secondary N) is 1. The van der Waals surface area contributed by atoms with Gasteiger partial charge in [0.15, 0.2) is 0 Å². The molecule has 1 aliphatic rings. The molecule has 3 unspecified atom stereocenters. The molecule has 0 bridgehead atoms. The molecule has 0 saturated heterocycles. The van der Waals surface area contributed by atoms with Crippen molar-refractivity contribution in [3.63, 3.8) is 0 Å². The quantitative estimate of drug-likeness (QED) is 0.840. The predicted octanol–water partition coefficient (Wildman–Crippen LogP) is 3.63. The third-order valence-electron chi connectivity index (χ3n) is 4.11. The average molecular weight is 235 g/mol. The van der Waals surface area contributed by atoms with E-state index in [0.717, 1.165) is 12.1 Å². The Morgan fingerprint density at radius 2 is 2.12 bits per heavy atom. The number of hydrogen-bond acceptors (Lipinski definition) is 1. The maximum Gasteiger partial charge on any atom is 0.123 e. The van der Waals surface area contributed by atoms with E-state index in [-0.39, 0.29) is 5.82 Å². The van der Waals surface area contributed by atoms with E-state index in [1.165, 1.54) is 18.4 Å². The topological polar surface area (TPSA) is 12.0 Å². The fourth-order valence-electron chi connectivity index (χ4n) is 3.19. The van der Waals surface area contributed by atoms with E-state index in [1.54, 1.807) is 12.1 Å². The van der Waals surface area contributed by atoms with Gasteiger partial charge >= 0.3 is 0 Å². The molecule has 1 fully saturated rings. The van der Waals surface area contributed by atoms with E-state index in [9.17, 15) is 4.39 Å². The number of benzene rings is 1. The Morgan fingerprint density at radius 3 is 2.71 bits per heavy atom. The minimum absolute atomic E-state index is 0.123. The van der Waals surface area contributed by atoms with E-state index in [0.29, 0.717) is 17.9 Å². The summed E-state index contributed by atoms with van der Waals surface area (Å²) in [5.41, 5.74) is 2.44. The molecular weight excluding hydrogens is 213 g/mol. The van der Waals surface area contributed by atoms with Crippen molar-refractivity contribution in [3.05, 3.63) is 35.1 Å². The van der Waals surface area contributed by atoms with Gasteiger partial charge in [-0.3, -0.25) is 0 Å². The molecule has 0 aromatic heterocycles. The second kappa shape index (κ2) is 5.18. The summed E-state index contributed by atoms with van der Waals surface area (Å²) in [5, 5.41) is 3.54. The highest BCUT2D eigenvalue weighted by molar-refractivity contribution is 5.33. The van der Waals surface area contributed by atoms with Crippen LogP contribution in [0.15, 0.2) is 18.2 Å². The van der Waals surface area contributed by atoms with Gasteiger partial charge in [0.05, 0.1) is 0 Å². The molecule has 0 radical (unpaired) electrons. The van der Waals surface area contributed by atoms with Crippen LogP contribution >= 0.6 is 0 Å². The van der Waals surface area contributed by atoms with Crippen LogP contribution in [0, 0.1) is 18.7 Å². The minimum atomic E-state index is -0.123.